The average Bonchev–Trinajstić information content (AvgIpc) is 3.17. The van der Waals surface area contributed by atoms with Crippen LogP contribution in [0.5, 0.6) is 17.2 Å². The van der Waals surface area contributed by atoms with Crippen LogP contribution < -0.4 is 14.2 Å². The lowest BCUT2D eigenvalue weighted by atomic mass is 10.2. The van der Waals surface area contributed by atoms with Crippen LogP contribution >= 0.6 is 0 Å². The number of nitrogens with zero attached hydrogens (tertiary/aromatic N) is 2. The van der Waals surface area contributed by atoms with Crippen molar-refractivity contribution in [2.24, 2.45) is 0 Å². The molecule has 56 heavy (non-hydrogen) atoms. The van der Waals surface area contributed by atoms with E-state index in [4.69, 9.17) is 18.9 Å². The summed E-state index contributed by atoms with van der Waals surface area (Å²) < 4.78 is 54.9. The van der Waals surface area contributed by atoms with Crippen molar-refractivity contribution in [1.29, 1.82) is 0 Å². The van der Waals surface area contributed by atoms with Gasteiger partial charge in [0.1, 0.15) is 46.2 Å². The van der Waals surface area contributed by atoms with E-state index in [2.05, 4.69) is 34.2 Å². The summed E-state index contributed by atoms with van der Waals surface area (Å²) >= 11 is 0. The highest BCUT2D eigenvalue weighted by atomic mass is 32.2. The van der Waals surface area contributed by atoms with Crippen LogP contribution in [0.2, 0.25) is 0 Å². The van der Waals surface area contributed by atoms with Crippen molar-refractivity contribution in [2.45, 2.75) is 73.0 Å². The van der Waals surface area contributed by atoms with Gasteiger partial charge in [-0.1, -0.05) is 17.7 Å². The molecule has 0 atom stereocenters. The number of hydrogen-bond donors (Lipinski definition) is 0. The molecule has 0 amide bonds. The number of benzene rings is 4. The number of hydrogen-bond acceptors (Lipinski definition) is 10. The molecule has 6 rings (SSSR count). The quantitative estimate of drug-likeness (QED) is 0.0635. The Bertz CT molecular complexity index is 2180. The summed E-state index contributed by atoms with van der Waals surface area (Å²) in [5, 5.41) is 0. The lowest BCUT2D eigenvalue weighted by molar-refractivity contribution is -0.157. The van der Waals surface area contributed by atoms with Gasteiger partial charge in [0.2, 0.25) is 0 Å². The zero-order chi connectivity index (χ0) is 40.1. The number of aryl methyl sites for hydroxylation is 2. The van der Waals surface area contributed by atoms with Gasteiger partial charge in [0, 0.05) is 24.8 Å². The molecule has 6 aromatic rings. The summed E-state index contributed by atoms with van der Waals surface area (Å²) in [4.78, 5) is 23.5. The molecule has 0 aliphatic carbocycles. The zero-order valence-electron chi connectivity index (χ0n) is 31.9. The number of carbonyl (C=O) groups is 1. The third-order valence-electron chi connectivity index (χ3n) is 7.86. The number of ether oxygens (including phenoxy) is 4. The molecule has 0 aliphatic rings. The number of pyridine rings is 2. The fourth-order valence-corrected chi connectivity index (χ4v) is 8.04. The van der Waals surface area contributed by atoms with E-state index >= 15 is 0 Å². The number of rotatable bonds is 13. The first kappa shape index (κ1) is 41.5. The van der Waals surface area contributed by atoms with Gasteiger partial charge in [-0.2, -0.15) is 0 Å². The molecular weight excluding hydrogens is 749 g/mol. The Kier molecular flexibility index (Phi) is 14.3. The van der Waals surface area contributed by atoms with Crippen molar-refractivity contribution in [3.63, 3.8) is 0 Å². The molecule has 0 fully saturated rings. The molecular formula is C44H44N2O8S2. The first-order valence-corrected chi connectivity index (χ1v) is 20.3. The fraction of sp³-hybridized carbons (Fsp3) is 0.205. The van der Waals surface area contributed by atoms with E-state index in [0.29, 0.717) is 24.5 Å². The number of esters is 1. The molecule has 0 aliphatic heterocycles. The summed E-state index contributed by atoms with van der Waals surface area (Å²) in [6.45, 7) is 9.75. The Balaban J connectivity index is 0.000000427. The summed E-state index contributed by atoms with van der Waals surface area (Å²) in [5.41, 5.74) is 3.01. The molecule has 0 radical (unpaired) electrons. The van der Waals surface area contributed by atoms with Gasteiger partial charge >= 0.3 is 5.97 Å². The van der Waals surface area contributed by atoms with E-state index in [1.54, 1.807) is 43.8 Å². The van der Waals surface area contributed by atoms with E-state index in [1.165, 1.54) is 6.07 Å². The SMILES string of the molecule is CC(C)(C)OC(=O)COc1ccc([S+](c2ccc(OCc3ccncc3)cc2)c2ccc(OCc3ccncc3)cc2)cc1.Cc1ccc(S(=O)(=O)[O-])c(C)c1. The lowest BCUT2D eigenvalue weighted by Crippen LogP contribution is -2.27. The molecule has 10 nitrogen and oxygen atoms in total. The lowest BCUT2D eigenvalue weighted by Gasteiger charge is -2.19. The van der Waals surface area contributed by atoms with Crippen molar-refractivity contribution >= 4 is 27.0 Å². The molecule has 0 unspecified atom stereocenters. The molecule has 0 spiro atoms. The van der Waals surface area contributed by atoms with Crippen molar-refractivity contribution < 1.29 is 36.7 Å². The van der Waals surface area contributed by atoms with E-state index in [0.717, 1.165) is 42.9 Å². The van der Waals surface area contributed by atoms with Crippen LogP contribution in [-0.4, -0.2) is 41.1 Å². The zero-order valence-corrected chi connectivity index (χ0v) is 33.5. The first-order valence-electron chi connectivity index (χ1n) is 17.7. The van der Waals surface area contributed by atoms with Crippen LogP contribution in [0.15, 0.2) is 160 Å². The molecule has 4 aromatic carbocycles. The summed E-state index contributed by atoms with van der Waals surface area (Å²) in [5.74, 6) is 1.78. The minimum Gasteiger partial charge on any atom is -0.744 e. The fourth-order valence-electron chi connectivity index (χ4n) is 5.31. The second-order valence-corrected chi connectivity index (χ2v) is 17.0. The van der Waals surface area contributed by atoms with Crippen molar-refractivity contribution in [3.05, 3.63) is 162 Å². The molecule has 0 saturated carbocycles. The highest BCUT2D eigenvalue weighted by molar-refractivity contribution is 7.97. The highest BCUT2D eigenvalue weighted by Crippen LogP contribution is 2.34. The molecule has 0 bridgehead atoms. The van der Waals surface area contributed by atoms with Crippen molar-refractivity contribution in [1.82, 2.24) is 9.97 Å². The molecule has 290 valence electrons. The van der Waals surface area contributed by atoms with Crippen LogP contribution in [0.25, 0.3) is 0 Å². The highest BCUT2D eigenvalue weighted by Gasteiger charge is 2.29. The third kappa shape index (κ3) is 13.0. The Morgan fingerprint density at radius 2 is 1.04 bits per heavy atom. The minimum atomic E-state index is -4.30. The number of carbonyl (C=O) groups excluding carboxylic acids is 1. The van der Waals surface area contributed by atoms with E-state index < -0.39 is 32.6 Å². The van der Waals surface area contributed by atoms with Crippen LogP contribution in [-0.2, 0) is 43.8 Å². The maximum Gasteiger partial charge on any atom is 0.344 e. The predicted octanol–water partition coefficient (Wildman–Crippen LogP) is 8.66. The van der Waals surface area contributed by atoms with Gasteiger partial charge in [-0.25, -0.2) is 13.2 Å². The average molecular weight is 793 g/mol. The van der Waals surface area contributed by atoms with Gasteiger partial charge in [-0.15, -0.1) is 0 Å². The Morgan fingerprint density at radius 3 is 1.41 bits per heavy atom. The van der Waals surface area contributed by atoms with Crippen LogP contribution in [0.3, 0.4) is 0 Å². The second-order valence-electron chi connectivity index (χ2n) is 13.6. The molecule has 2 aromatic heterocycles. The van der Waals surface area contributed by atoms with Crippen LogP contribution in [0.4, 0.5) is 0 Å². The van der Waals surface area contributed by atoms with Crippen LogP contribution in [0, 0.1) is 13.8 Å². The third-order valence-corrected chi connectivity index (χ3v) is 11.1. The largest absolute Gasteiger partial charge is 0.744 e. The maximum atomic E-state index is 12.1. The molecule has 0 saturated heterocycles. The first-order chi connectivity index (χ1) is 26.7. The topological polar surface area (TPSA) is 137 Å². The van der Waals surface area contributed by atoms with Gasteiger partial charge in [0.05, 0.1) is 15.8 Å². The molecule has 0 N–H and O–H groups in total. The smallest absolute Gasteiger partial charge is 0.344 e. The van der Waals surface area contributed by atoms with E-state index in [-0.39, 0.29) is 11.5 Å². The van der Waals surface area contributed by atoms with E-state index in [1.807, 2.05) is 100 Å². The Hall–Kier alpha value is -5.69. The van der Waals surface area contributed by atoms with Gasteiger partial charge in [0.25, 0.3) is 0 Å². The number of aromatic nitrogens is 2. The normalized spacial score (nSPS) is 11.3. The maximum absolute atomic E-state index is 12.1. The van der Waals surface area contributed by atoms with Crippen molar-refractivity contribution in [2.75, 3.05) is 6.61 Å². The standard InChI is InChI=1S/C36H35N2O5S.C8H10O3S/c1-36(2,3)43-35(39)26-42-31-8-14-34(15-9-31)44(32-10-4-29(5-11-32)40-24-27-16-20-37-21-17-27)33-12-6-30(7-13-33)41-25-28-18-22-38-23-19-28;1-6-3-4-8(7(2)5-6)12(9,10)11/h4-23H,24-26H2,1-3H3;3-5H,1-2H3,(H,9,10,11)/q+1;/p-1. The van der Waals surface area contributed by atoms with Crippen molar-refractivity contribution in [3.8, 4) is 17.2 Å². The second kappa shape index (κ2) is 19.3. The van der Waals surface area contributed by atoms with Gasteiger partial charge in [0.15, 0.2) is 21.3 Å². The summed E-state index contributed by atoms with van der Waals surface area (Å²) in [6.07, 6.45) is 7.04. The molecule has 12 heteroatoms. The monoisotopic (exact) mass is 792 g/mol. The molecule has 2 heterocycles. The summed E-state index contributed by atoms with van der Waals surface area (Å²) in [7, 11) is -4.72. The van der Waals surface area contributed by atoms with Crippen LogP contribution in [0.1, 0.15) is 43.0 Å². The summed E-state index contributed by atoms with van der Waals surface area (Å²) in [6, 6.07) is 36.7. The van der Waals surface area contributed by atoms with Gasteiger partial charge in [-0.05, 0) is 154 Å². The van der Waals surface area contributed by atoms with E-state index in [9.17, 15) is 17.8 Å². The van der Waals surface area contributed by atoms with Gasteiger partial charge in [-0.3, -0.25) is 9.97 Å². The Labute approximate surface area is 331 Å². The Morgan fingerprint density at radius 1 is 0.625 bits per heavy atom. The van der Waals surface area contributed by atoms with Gasteiger partial charge < -0.3 is 23.5 Å². The minimum absolute atomic E-state index is 0.131. The predicted molar refractivity (Wildman–Crippen MR) is 214 cm³/mol.